The summed E-state index contributed by atoms with van der Waals surface area (Å²) in [6, 6.07) is 7.56. The molecule has 0 aliphatic carbocycles. The van der Waals surface area contributed by atoms with Crippen LogP contribution in [0.4, 0.5) is 0 Å². The van der Waals surface area contributed by atoms with Gasteiger partial charge in [-0.15, -0.1) is 0 Å². The zero-order valence-corrected chi connectivity index (χ0v) is 16.0. The molecular weight excluding hydrogens is 340 g/mol. The van der Waals surface area contributed by atoms with Gasteiger partial charge in [0.2, 0.25) is 15.9 Å². The Hall–Kier alpha value is -1.60. The Morgan fingerprint density at radius 2 is 2.00 bits per heavy atom. The van der Waals surface area contributed by atoms with Crippen molar-refractivity contribution >= 4 is 15.9 Å². The summed E-state index contributed by atoms with van der Waals surface area (Å²) in [5.41, 5.74) is 1.02. The summed E-state index contributed by atoms with van der Waals surface area (Å²) in [4.78, 5) is 12.7. The predicted molar refractivity (Wildman–Crippen MR) is 97.9 cm³/mol. The van der Waals surface area contributed by atoms with E-state index in [1.165, 1.54) is 4.31 Å². The number of nitrogens with zero attached hydrogens (tertiary/aromatic N) is 1. The molecule has 0 spiro atoms. The van der Waals surface area contributed by atoms with Gasteiger partial charge in [0.15, 0.2) is 0 Å². The number of sulfonamides is 1. The summed E-state index contributed by atoms with van der Waals surface area (Å²) < 4.78 is 30.7. The number of carbonyl (C=O) groups is 1. The Kier molecular flexibility index (Phi) is 6.84. The number of carbonyl (C=O) groups excluding carboxylic acids is 1. The monoisotopic (exact) mass is 368 g/mol. The number of piperidine rings is 1. The third-order valence-electron chi connectivity index (χ3n) is 4.76. The summed E-state index contributed by atoms with van der Waals surface area (Å²) >= 11 is 0. The Bertz CT molecular complexity index is 673. The highest BCUT2D eigenvalue weighted by molar-refractivity contribution is 7.89. The molecule has 1 aromatic rings. The highest BCUT2D eigenvalue weighted by Crippen LogP contribution is 2.23. The molecule has 1 amide bonds. The van der Waals surface area contributed by atoms with E-state index in [1.54, 1.807) is 14.0 Å². The summed E-state index contributed by atoms with van der Waals surface area (Å²) in [6.07, 6.45) is 2.21. The molecule has 2 atom stereocenters. The van der Waals surface area contributed by atoms with E-state index in [0.29, 0.717) is 6.54 Å². The average Bonchev–Trinajstić information content (AvgIpc) is 2.66. The van der Waals surface area contributed by atoms with Crippen LogP contribution in [0.3, 0.4) is 0 Å². The minimum absolute atomic E-state index is 0.0707. The molecule has 1 N–H and O–H groups in total. The number of hydrogen-bond donors (Lipinski definition) is 1. The first-order valence-electron chi connectivity index (χ1n) is 8.83. The van der Waals surface area contributed by atoms with Crippen LogP contribution in [0, 0.1) is 5.92 Å². The van der Waals surface area contributed by atoms with Crippen molar-refractivity contribution in [3.05, 3.63) is 29.8 Å². The number of ether oxygens (including phenoxy) is 1. The van der Waals surface area contributed by atoms with Crippen LogP contribution in [0.25, 0.3) is 0 Å². The fourth-order valence-corrected chi connectivity index (χ4v) is 4.32. The molecule has 1 fully saturated rings. The van der Waals surface area contributed by atoms with Crippen LogP contribution < -0.4 is 10.1 Å². The molecule has 2 rings (SSSR count). The topological polar surface area (TPSA) is 75.7 Å². The zero-order chi connectivity index (χ0) is 18.4. The van der Waals surface area contributed by atoms with E-state index in [9.17, 15) is 13.2 Å². The molecular formula is C18H28N2O4S. The van der Waals surface area contributed by atoms with Crippen molar-refractivity contribution in [3.8, 4) is 5.75 Å². The number of amides is 1. The van der Waals surface area contributed by atoms with E-state index in [-0.39, 0.29) is 30.2 Å². The van der Waals surface area contributed by atoms with Crippen LogP contribution in [0.2, 0.25) is 0 Å². The van der Waals surface area contributed by atoms with Gasteiger partial charge in [0.25, 0.3) is 0 Å². The number of hydrogen-bond acceptors (Lipinski definition) is 4. The minimum Gasteiger partial charge on any atom is -0.497 e. The van der Waals surface area contributed by atoms with E-state index in [2.05, 4.69) is 5.32 Å². The van der Waals surface area contributed by atoms with Crippen LogP contribution in [0.15, 0.2) is 24.3 Å². The molecule has 0 aromatic heterocycles. The summed E-state index contributed by atoms with van der Waals surface area (Å²) in [7, 11) is -1.62. The van der Waals surface area contributed by atoms with Crippen molar-refractivity contribution in [1.29, 1.82) is 0 Å². The van der Waals surface area contributed by atoms with Gasteiger partial charge in [-0.25, -0.2) is 12.7 Å². The zero-order valence-electron chi connectivity index (χ0n) is 15.2. The molecule has 1 aliphatic heterocycles. The predicted octanol–water partition coefficient (Wildman–Crippen LogP) is 2.32. The second kappa shape index (κ2) is 8.67. The smallest absolute Gasteiger partial charge is 0.224 e. The van der Waals surface area contributed by atoms with Crippen LogP contribution in [-0.4, -0.2) is 44.6 Å². The van der Waals surface area contributed by atoms with Crippen LogP contribution in [-0.2, 0) is 14.8 Å². The molecule has 6 nitrogen and oxygen atoms in total. The van der Waals surface area contributed by atoms with E-state index in [0.717, 1.165) is 30.6 Å². The van der Waals surface area contributed by atoms with E-state index < -0.39 is 10.0 Å². The summed E-state index contributed by atoms with van der Waals surface area (Å²) in [5.74, 6) is 0.490. The Morgan fingerprint density at radius 1 is 1.32 bits per heavy atom. The van der Waals surface area contributed by atoms with Gasteiger partial charge in [0, 0.05) is 13.1 Å². The minimum atomic E-state index is -3.24. The van der Waals surface area contributed by atoms with Crippen molar-refractivity contribution in [2.75, 3.05) is 26.0 Å². The van der Waals surface area contributed by atoms with Crippen molar-refractivity contribution in [2.45, 2.75) is 39.2 Å². The molecule has 1 aliphatic rings. The van der Waals surface area contributed by atoms with Crippen molar-refractivity contribution in [3.63, 3.8) is 0 Å². The number of nitrogens with one attached hydrogen (secondary N) is 1. The molecule has 1 aromatic carbocycles. The number of rotatable bonds is 7. The van der Waals surface area contributed by atoms with Crippen LogP contribution in [0.1, 0.15) is 44.7 Å². The maximum absolute atomic E-state index is 12.7. The van der Waals surface area contributed by atoms with Crippen molar-refractivity contribution in [2.24, 2.45) is 5.92 Å². The summed E-state index contributed by atoms with van der Waals surface area (Å²) in [5, 5.41) is 3.08. The molecule has 140 valence electrons. The highest BCUT2D eigenvalue weighted by atomic mass is 32.2. The highest BCUT2D eigenvalue weighted by Gasteiger charge is 2.32. The van der Waals surface area contributed by atoms with Crippen LogP contribution >= 0.6 is 0 Å². The van der Waals surface area contributed by atoms with Gasteiger partial charge in [0.05, 0.1) is 24.8 Å². The van der Waals surface area contributed by atoms with E-state index in [1.807, 2.05) is 31.2 Å². The maximum atomic E-state index is 12.7. The molecule has 0 unspecified atom stereocenters. The lowest BCUT2D eigenvalue weighted by Crippen LogP contribution is -2.46. The van der Waals surface area contributed by atoms with Gasteiger partial charge in [-0.05, 0) is 43.9 Å². The maximum Gasteiger partial charge on any atom is 0.224 e. The Balaban J connectivity index is 2.03. The van der Waals surface area contributed by atoms with Crippen molar-refractivity contribution in [1.82, 2.24) is 9.62 Å². The molecule has 0 radical (unpaired) electrons. The Morgan fingerprint density at radius 3 is 2.56 bits per heavy atom. The second-order valence-corrected chi connectivity index (χ2v) is 8.60. The van der Waals surface area contributed by atoms with Gasteiger partial charge >= 0.3 is 0 Å². The molecule has 1 heterocycles. The average molecular weight is 368 g/mol. The van der Waals surface area contributed by atoms with Gasteiger partial charge < -0.3 is 10.1 Å². The van der Waals surface area contributed by atoms with Crippen molar-refractivity contribution < 1.29 is 17.9 Å². The van der Waals surface area contributed by atoms with Gasteiger partial charge in [-0.1, -0.05) is 19.1 Å². The van der Waals surface area contributed by atoms with E-state index >= 15 is 0 Å². The lowest BCUT2D eigenvalue weighted by molar-refractivity contribution is -0.126. The first kappa shape index (κ1) is 19.7. The SMILES string of the molecule is CC[C@@H](NC(=O)[C@@H]1CCCN(S(=O)(=O)CC)C1)c1ccc(OC)cc1. The number of benzene rings is 1. The third-order valence-corrected chi connectivity index (χ3v) is 6.60. The molecule has 1 saturated heterocycles. The molecule has 0 saturated carbocycles. The first-order valence-corrected chi connectivity index (χ1v) is 10.4. The van der Waals surface area contributed by atoms with Gasteiger partial charge in [-0.3, -0.25) is 4.79 Å². The third kappa shape index (κ3) is 4.95. The molecule has 0 bridgehead atoms. The first-order chi connectivity index (χ1) is 11.9. The summed E-state index contributed by atoms with van der Waals surface area (Å²) in [6.45, 7) is 4.44. The number of methoxy groups -OCH3 is 1. The standard InChI is InChI=1S/C18H28N2O4S/c1-4-17(14-8-10-16(24-3)11-9-14)19-18(21)15-7-6-12-20(13-15)25(22,23)5-2/h8-11,15,17H,4-7,12-13H2,1-3H3,(H,19,21)/t15-,17-/m1/s1. The lowest BCUT2D eigenvalue weighted by Gasteiger charge is -2.32. The lowest BCUT2D eigenvalue weighted by atomic mass is 9.97. The molecule has 25 heavy (non-hydrogen) atoms. The fraction of sp³-hybridized carbons (Fsp3) is 0.611. The quantitative estimate of drug-likeness (QED) is 0.801. The second-order valence-electron chi connectivity index (χ2n) is 6.34. The Labute approximate surface area is 150 Å². The van der Waals surface area contributed by atoms with Gasteiger partial charge in [0.1, 0.15) is 5.75 Å². The largest absolute Gasteiger partial charge is 0.497 e. The van der Waals surface area contributed by atoms with Crippen LogP contribution in [0.5, 0.6) is 5.75 Å². The molecule has 7 heteroatoms. The van der Waals surface area contributed by atoms with E-state index in [4.69, 9.17) is 4.74 Å². The van der Waals surface area contributed by atoms with Gasteiger partial charge in [-0.2, -0.15) is 0 Å². The fourth-order valence-electron chi connectivity index (χ4n) is 3.14. The normalized spacial score (nSPS) is 20.0.